The Morgan fingerprint density at radius 3 is 2.45 bits per heavy atom. The fourth-order valence-corrected chi connectivity index (χ4v) is 4.13. The van der Waals surface area contributed by atoms with Gasteiger partial charge in [-0.3, -0.25) is 9.52 Å². The smallest absolute Gasteiger partial charge is 0.263 e. The zero-order valence-corrected chi connectivity index (χ0v) is 16.6. The van der Waals surface area contributed by atoms with Crippen LogP contribution in [0.4, 0.5) is 20.2 Å². The SMILES string of the molecule is Cc1cccc(NS(=O)(=O)c2cc(C(=O)Nc3ccc(F)cc3F)ccc2Cl)c1. The van der Waals surface area contributed by atoms with Crippen LogP contribution in [0.25, 0.3) is 0 Å². The third-order valence-corrected chi connectivity index (χ3v) is 5.80. The number of benzene rings is 3. The summed E-state index contributed by atoms with van der Waals surface area (Å²) in [6.45, 7) is 1.81. The van der Waals surface area contributed by atoms with E-state index in [-0.39, 0.29) is 21.2 Å². The molecule has 0 aliphatic carbocycles. The van der Waals surface area contributed by atoms with E-state index in [0.717, 1.165) is 23.8 Å². The average Bonchev–Trinajstić information content (AvgIpc) is 2.63. The van der Waals surface area contributed by atoms with E-state index < -0.39 is 27.6 Å². The minimum absolute atomic E-state index is 0.0669. The van der Waals surface area contributed by atoms with Gasteiger partial charge in [-0.25, -0.2) is 17.2 Å². The standard InChI is InChI=1S/C20H15ClF2N2O3S/c1-12-3-2-4-15(9-12)25-29(27,28)19-10-13(5-7-16(19)21)20(26)24-18-8-6-14(22)11-17(18)23/h2-11,25H,1H3,(H,24,26). The van der Waals surface area contributed by atoms with Gasteiger partial charge in [0.05, 0.1) is 10.7 Å². The second-order valence-electron chi connectivity index (χ2n) is 6.20. The van der Waals surface area contributed by atoms with Gasteiger partial charge in [0.1, 0.15) is 16.5 Å². The van der Waals surface area contributed by atoms with Crippen LogP contribution in [0.2, 0.25) is 5.02 Å². The first kappa shape index (κ1) is 20.8. The number of sulfonamides is 1. The van der Waals surface area contributed by atoms with Gasteiger partial charge in [0, 0.05) is 17.3 Å². The van der Waals surface area contributed by atoms with Gasteiger partial charge in [0.25, 0.3) is 15.9 Å². The van der Waals surface area contributed by atoms with Crippen LogP contribution in [0, 0.1) is 18.6 Å². The molecule has 9 heteroatoms. The molecule has 0 unspecified atom stereocenters. The number of carbonyl (C=O) groups excluding carboxylic acids is 1. The quantitative estimate of drug-likeness (QED) is 0.592. The summed E-state index contributed by atoms with van der Waals surface area (Å²) >= 11 is 6.03. The minimum atomic E-state index is -4.09. The van der Waals surface area contributed by atoms with Gasteiger partial charge >= 0.3 is 0 Å². The molecule has 0 aromatic heterocycles. The number of aryl methyl sites for hydroxylation is 1. The van der Waals surface area contributed by atoms with Crippen LogP contribution in [0.1, 0.15) is 15.9 Å². The van der Waals surface area contributed by atoms with Crippen molar-refractivity contribution in [2.75, 3.05) is 10.0 Å². The van der Waals surface area contributed by atoms with Gasteiger partial charge in [0.2, 0.25) is 0 Å². The number of halogens is 3. The van der Waals surface area contributed by atoms with Gasteiger partial charge in [-0.15, -0.1) is 0 Å². The third kappa shape index (κ3) is 4.90. The number of anilines is 2. The van der Waals surface area contributed by atoms with Crippen molar-refractivity contribution < 1.29 is 22.0 Å². The molecule has 0 heterocycles. The largest absolute Gasteiger partial charge is 0.319 e. The van der Waals surface area contributed by atoms with E-state index >= 15 is 0 Å². The van der Waals surface area contributed by atoms with E-state index in [1.807, 2.05) is 13.0 Å². The van der Waals surface area contributed by atoms with Gasteiger partial charge in [-0.2, -0.15) is 0 Å². The summed E-state index contributed by atoms with van der Waals surface area (Å²) in [5.74, 6) is -2.52. The second-order valence-corrected chi connectivity index (χ2v) is 8.26. The summed E-state index contributed by atoms with van der Waals surface area (Å²) in [5, 5.41) is 2.18. The van der Waals surface area contributed by atoms with Crippen molar-refractivity contribution in [3.05, 3.63) is 88.4 Å². The van der Waals surface area contributed by atoms with Gasteiger partial charge in [-0.1, -0.05) is 23.7 Å². The summed E-state index contributed by atoms with van der Waals surface area (Å²) in [6, 6.07) is 13.0. The van der Waals surface area contributed by atoms with Crippen LogP contribution in [-0.2, 0) is 10.0 Å². The fraction of sp³-hybridized carbons (Fsp3) is 0.0500. The molecular weight excluding hydrogens is 422 g/mol. The number of carbonyl (C=O) groups is 1. The molecule has 0 bridgehead atoms. The van der Waals surface area contributed by atoms with E-state index in [2.05, 4.69) is 10.0 Å². The molecule has 0 fully saturated rings. The Labute approximate surface area is 171 Å². The third-order valence-electron chi connectivity index (χ3n) is 3.93. The average molecular weight is 437 g/mol. The van der Waals surface area contributed by atoms with Crippen molar-refractivity contribution in [3.8, 4) is 0 Å². The number of hydrogen-bond acceptors (Lipinski definition) is 3. The van der Waals surface area contributed by atoms with Crippen LogP contribution >= 0.6 is 11.6 Å². The molecule has 0 saturated heterocycles. The van der Waals surface area contributed by atoms with Crippen molar-refractivity contribution in [1.29, 1.82) is 0 Å². The number of rotatable bonds is 5. The lowest BCUT2D eigenvalue weighted by molar-refractivity contribution is 0.102. The Morgan fingerprint density at radius 2 is 1.76 bits per heavy atom. The van der Waals surface area contributed by atoms with Crippen molar-refractivity contribution in [3.63, 3.8) is 0 Å². The molecule has 2 N–H and O–H groups in total. The van der Waals surface area contributed by atoms with E-state index in [9.17, 15) is 22.0 Å². The topological polar surface area (TPSA) is 75.3 Å². The molecule has 0 atom stereocenters. The van der Waals surface area contributed by atoms with Crippen LogP contribution in [0.15, 0.2) is 65.6 Å². The molecule has 3 rings (SSSR count). The Morgan fingerprint density at radius 1 is 1.00 bits per heavy atom. The number of nitrogens with one attached hydrogen (secondary N) is 2. The summed E-state index contributed by atoms with van der Waals surface area (Å²) < 4.78 is 54.6. The highest BCUT2D eigenvalue weighted by atomic mass is 35.5. The molecule has 3 aromatic carbocycles. The Hall–Kier alpha value is -2.97. The van der Waals surface area contributed by atoms with Crippen LogP contribution in [0.5, 0.6) is 0 Å². The number of hydrogen-bond donors (Lipinski definition) is 2. The maximum Gasteiger partial charge on any atom is 0.263 e. The normalized spacial score (nSPS) is 11.2. The number of amides is 1. The Kier molecular flexibility index (Phi) is 5.86. The molecule has 0 radical (unpaired) electrons. The molecule has 0 saturated carbocycles. The highest BCUT2D eigenvalue weighted by molar-refractivity contribution is 7.92. The molecule has 29 heavy (non-hydrogen) atoms. The first-order valence-electron chi connectivity index (χ1n) is 8.31. The van der Waals surface area contributed by atoms with Gasteiger partial charge in [-0.05, 0) is 55.0 Å². The molecular formula is C20H15ClF2N2O3S. The Balaban J connectivity index is 1.89. The molecule has 1 amide bonds. The van der Waals surface area contributed by atoms with Crippen molar-refractivity contribution >= 4 is 38.9 Å². The van der Waals surface area contributed by atoms with Crippen LogP contribution < -0.4 is 10.0 Å². The lowest BCUT2D eigenvalue weighted by Gasteiger charge is -2.12. The maximum absolute atomic E-state index is 13.8. The summed E-state index contributed by atoms with van der Waals surface area (Å²) in [4.78, 5) is 12.1. The van der Waals surface area contributed by atoms with Gasteiger partial charge in [0.15, 0.2) is 0 Å². The molecule has 0 spiro atoms. The highest BCUT2D eigenvalue weighted by Crippen LogP contribution is 2.26. The minimum Gasteiger partial charge on any atom is -0.319 e. The van der Waals surface area contributed by atoms with E-state index in [1.165, 1.54) is 12.1 Å². The van der Waals surface area contributed by atoms with E-state index in [4.69, 9.17) is 11.6 Å². The van der Waals surface area contributed by atoms with E-state index in [1.54, 1.807) is 18.2 Å². The molecule has 0 aliphatic rings. The van der Waals surface area contributed by atoms with Crippen molar-refractivity contribution in [2.24, 2.45) is 0 Å². The summed E-state index contributed by atoms with van der Waals surface area (Å²) in [6.07, 6.45) is 0. The monoisotopic (exact) mass is 436 g/mol. The van der Waals surface area contributed by atoms with Crippen molar-refractivity contribution in [1.82, 2.24) is 0 Å². The Bertz CT molecular complexity index is 1200. The van der Waals surface area contributed by atoms with Crippen LogP contribution in [0.3, 0.4) is 0 Å². The second kappa shape index (κ2) is 8.18. The summed E-state index contributed by atoms with van der Waals surface area (Å²) in [5.41, 5.74) is 0.881. The van der Waals surface area contributed by atoms with Gasteiger partial charge < -0.3 is 5.32 Å². The lowest BCUT2D eigenvalue weighted by Crippen LogP contribution is -2.17. The predicted molar refractivity (Wildman–Crippen MR) is 108 cm³/mol. The molecule has 5 nitrogen and oxygen atoms in total. The zero-order chi connectivity index (χ0) is 21.2. The highest BCUT2D eigenvalue weighted by Gasteiger charge is 2.21. The van der Waals surface area contributed by atoms with Crippen LogP contribution in [-0.4, -0.2) is 14.3 Å². The molecule has 150 valence electrons. The lowest BCUT2D eigenvalue weighted by atomic mass is 10.2. The summed E-state index contributed by atoms with van der Waals surface area (Å²) in [7, 11) is -4.09. The molecule has 3 aromatic rings. The van der Waals surface area contributed by atoms with Crippen molar-refractivity contribution in [2.45, 2.75) is 11.8 Å². The fourth-order valence-electron chi connectivity index (χ4n) is 2.55. The zero-order valence-electron chi connectivity index (χ0n) is 15.0. The maximum atomic E-state index is 13.8. The first-order chi connectivity index (χ1) is 13.7. The predicted octanol–water partition coefficient (Wildman–Crippen LogP) is 4.98. The first-order valence-corrected chi connectivity index (χ1v) is 10.2. The molecule has 0 aliphatic heterocycles. The van der Waals surface area contributed by atoms with E-state index in [0.29, 0.717) is 11.8 Å².